The molecule has 1 amide bonds. The summed E-state index contributed by atoms with van der Waals surface area (Å²) in [5.41, 5.74) is 1.37. The van der Waals surface area contributed by atoms with Crippen LogP contribution in [0.5, 0.6) is 0 Å². The Labute approximate surface area is 135 Å². The molecule has 0 spiro atoms. The summed E-state index contributed by atoms with van der Waals surface area (Å²) >= 11 is 0. The van der Waals surface area contributed by atoms with Crippen molar-refractivity contribution >= 4 is 5.91 Å². The van der Waals surface area contributed by atoms with E-state index in [1.165, 1.54) is 12.0 Å². The van der Waals surface area contributed by atoms with E-state index in [9.17, 15) is 9.90 Å². The molecule has 0 aromatic rings. The minimum Gasteiger partial charge on any atom is -0.396 e. The number of carbonyl (C=O) groups is 1. The van der Waals surface area contributed by atoms with E-state index in [1.807, 2.05) is 4.90 Å². The van der Waals surface area contributed by atoms with Gasteiger partial charge in [-0.1, -0.05) is 11.6 Å². The topological polar surface area (TPSA) is 43.8 Å². The standard InChI is InChI=1S/C18H32N2O2/c1-15(2)5-9-18(14-21)8-4-10-20(13-18)17-6-11-19(12-7-17)16(3)22/h5,17,21H,4,6-14H2,1-3H3. The van der Waals surface area contributed by atoms with Gasteiger partial charge in [0.2, 0.25) is 5.91 Å². The van der Waals surface area contributed by atoms with Crippen molar-refractivity contribution in [3.05, 3.63) is 11.6 Å². The number of piperidine rings is 2. The molecule has 0 bridgehead atoms. The van der Waals surface area contributed by atoms with Gasteiger partial charge in [0.1, 0.15) is 0 Å². The highest BCUT2D eigenvalue weighted by Gasteiger charge is 2.37. The Morgan fingerprint density at radius 2 is 1.91 bits per heavy atom. The SMILES string of the molecule is CC(=O)N1CCC(N2CCCC(CO)(CC=C(C)C)C2)CC1. The first-order valence-electron chi connectivity index (χ1n) is 8.69. The van der Waals surface area contributed by atoms with E-state index < -0.39 is 0 Å². The van der Waals surface area contributed by atoms with E-state index in [0.717, 1.165) is 51.9 Å². The third-order valence-corrected chi connectivity index (χ3v) is 5.40. The predicted octanol–water partition coefficient (Wildman–Crippen LogP) is 2.43. The maximum Gasteiger partial charge on any atom is 0.219 e. The lowest BCUT2D eigenvalue weighted by Crippen LogP contribution is -2.53. The summed E-state index contributed by atoms with van der Waals surface area (Å²) in [6, 6.07) is 0.577. The molecule has 4 nitrogen and oxygen atoms in total. The first kappa shape index (κ1) is 17.5. The lowest BCUT2D eigenvalue weighted by Gasteiger charge is -2.47. The molecule has 2 rings (SSSR count). The molecule has 1 N–H and O–H groups in total. The molecule has 0 aromatic carbocycles. The van der Waals surface area contributed by atoms with E-state index in [0.29, 0.717) is 6.04 Å². The molecule has 0 saturated carbocycles. The average Bonchev–Trinajstić information content (AvgIpc) is 2.53. The summed E-state index contributed by atoms with van der Waals surface area (Å²) in [5, 5.41) is 9.98. The van der Waals surface area contributed by atoms with Crippen LogP contribution in [0.15, 0.2) is 11.6 Å². The third-order valence-electron chi connectivity index (χ3n) is 5.40. The smallest absolute Gasteiger partial charge is 0.219 e. The van der Waals surface area contributed by atoms with Crippen molar-refractivity contribution < 1.29 is 9.90 Å². The van der Waals surface area contributed by atoms with Crippen molar-refractivity contribution in [2.24, 2.45) is 5.41 Å². The van der Waals surface area contributed by atoms with Gasteiger partial charge in [-0.2, -0.15) is 0 Å². The van der Waals surface area contributed by atoms with E-state index in [4.69, 9.17) is 0 Å². The fourth-order valence-corrected chi connectivity index (χ4v) is 3.88. The molecular weight excluding hydrogens is 276 g/mol. The van der Waals surface area contributed by atoms with Crippen LogP contribution in [0, 0.1) is 5.41 Å². The van der Waals surface area contributed by atoms with E-state index in [1.54, 1.807) is 6.92 Å². The summed E-state index contributed by atoms with van der Waals surface area (Å²) in [5.74, 6) is 0.199. The second-order valence-corrected chi connectivity index (χ2v) is 7.45. The lowest BCUT2D eigenvalue weighted by molar-refractivity contribution is -0.130. The van der Waals surface area contributed by atoms with Crippen LogP contribution in [-0.4, -0.2) is 59.6 Å². The van der Waals surface area contributed by atoms with Crippen LogP contribution in [0.3, 0.4) is 0 Å². The Kier molecular flexibility index (Phi) is 6.04. The number of hydrogen-bond donors (Lipinski definition) is 1. The molecule has 1 atom stereocenters. The summed E-state index contributed by atoms with van der Waals surface area (Å²) < 4.78 is 0. The molecular formula is C18H32N2O2. The normalized spacial score (nSPS) is 27.7. The molecule has 1 unspecified atom stereocenters. The van der Waals surface area contributed by atoms with Crippen molar-refractivity contribution in [3.63, 3.8) is 0 Å². The average molecular weight is 308 g/mol. The Bertz CT molecular complexity index is 409. The van der Waals surface area contributed by atoms with Gasteiger partial charge in [0.25, 0.3) is 0 Å². The monoisotopic (exact) mass is 308 g/mol. The number of nitrogens with zero attached hydrogens (tertiary/aromatic N) is 2. The Morgan fingerprint density at radius 1 is 1.23 bits per heavy atom. The fraction of sp³-hybridized carbons (Fsp3) is 0.833. The summed E-state index contributed by atoms with van der Waals surface area (Å²) in [4.78, 5) is 16.0. The molecule has 0 aromatic heterocycles. The predicted molar refractivity (Wildman–Crippen MR) is 89.6 cm³/mol. The molecule has 0 radical (unpaired) electrons. The number of hydrogen-bond acceptors (Lipinski definition) is 3. The highest BCUT2D eigenvalue weighted by Crippen LogP contribution is 2.36. The zero-order chi connectivity index (χ0) is 16.2. The minimum atomic E-state index is 0.0350. The van der Waals surface area contributed by atoms with Gasteiger partial charge in [0, 0.05) is 38.0 Å². The molecule has 4 heteroatoms. The number of carbonyl (C=O) groups excluding carboxylic acids is 1. The van der Waals surface area contributed by atoms with E-state index >= 15 is 0 Å². The van der Waals surface area contributed by atoms with Crippen LogP contribution in [-0.2, 0) is 4.79 Å². The lowest BCUT2D eigenvalue weighted by atomic mass is 9.76. The van der Waals surface area contributed by atoms with Crippen molar-refractivity contribution in [1.82, 2.24) is 9.80 Å². The molecule has 2 aliphatic rings. The molecule has 126 valence electrons. The van der Waals surface area contributed by atoms with Gasteiger partial charge in [-0.3, -0.25) is 9.69 Å². The fourth-order valence-electron chi connectivity index (χ4n) is 3.88. The zero-order valence-electron chi connectivity index (χ0n) is 14.5. The largest absolute Gasteiger partial charge is 0.396 e. The van der Waals surface area contributed by atoms with Gasteiger partial charge in [0.15, 0.2) is 0 Å². The van der Waals surface area contributed by atoms with Crippen LogP contribution in [0.25, 0.3) is 0 Å². The zero-order valence-corrected chi connectivity index (χ0v) is 14.5. The second-order valence-electron chi connectivity index (χ2n) is 7.45. The Balaban J connectivity index is 1.95. The molecule has 2 fully saturated rings. The first-order valence-corrected chi connectivity index (χ1v) is 8.69. The minimum absolute atomic E-state index is 0.0350. The summed E-state index contributed by atoms with van der Waals surface area (Å²) in [6.07, 6.45) is 7.69. The Hall–Kier alpha value is -0.870. The molecule has 0 aliphatic carbocycles. The van der Waals surface area contributed by atoms with Crippen molar-refractivity contribution in [3.8, 4) is 0 Å². The van der Waals surface area contributed by atoms with Gasteiger partial charge in [-0.15, -0.1) is 0 Å². The van der Waals surface area contributed by atoms with Gasteiger partial charge >= 0.3 is 0 Å². The van der Waals surface area contributed by atoms with E-state index in [2.05, 4.69) is 24.8 Å². The number of amides is 1. The van der Waals surface area contributed by atoms with Crippen LogP contribution in [0.1, 0.15) is 52.9 Å². The molecule has 22 heavy (non-hydrogen) atoms. The maximum absolute atomic E-state index is 11.5. The van der Waals surface area contributed by atoms with Gasteiger partial charge in [0.05, 0.1) is 6.61 Å². The molecule has 2 heterocycles. The van der Waals surface area contributed by atoms with E-state index in [-0.39, 0.29) is 17.9 Å². The number of allylic oxidation sites excluding steroid dienone is 2. The number of likely N-dealkylation sites (tertiary alicyclic amines) is 2. The van der Waals surface area contributed by atoms with Crippen LogP contribution in [0.4, 0.5) is 0 Å². The van der Waals surface area contributed by atoms with Gasteiger partial charge in [-0.05, 0) is 52.5 Å². The van der Waals surface area contributed by atoms with Crippen molar-refractivity contribution in [1.29, 1.82) is 0 Å². The van der Waals surface area contributed by atoms with Crippen molar-refractivity contribution in [2.75, 3.05) is 32.8 Å². The number of aliphatic hydroxyl groups excluding tert-OH is 1. The molecule has 2 aliphatic heterocycles. The second kappa shape index (κ2) is 7.60. The number of rotatable bonds is 4. The number of aliphatic hydroxyl groups is 1. The van der Waals surface area contributed by atoms with Crippen molar-refractivity contribution in [2.45, 2.75) is 58.9 Å². The quantitative estimate of drug-likeness (QED) is 0.811. The first-order chi connectivity index (χ1) is 10.5. The highest BCUT2D eigenvalue weighted by atomic mass is 16.3. The van der Waals surface area contributed by atoms with Crippen LogP contribution >= 0.6 is 0 Å². The van der Waals surface area contributed by atoms with Crippen LogP contribution < -0.4 is 0 Å². The maximum atomic E-state index is 11.5. The molecule has 2 saturated heterocycles. The van der Waals surface area contributed by atoms with Gasteiger partial charge in [-0.25, -0.2) is 0 Å². The Morgan fingerprint density at radius 3 is 2.45 bits per heavy atom. The van der Waals surface area contributed by atoms with Crippen LogP contribution in [0.2, 0.25) is 0 Å². The third kappa shape index (κ3) is 4.32. The van der Waals surface area contributed by atoms with Gasteiger partial charge < -0.3 is 10.0 Å². The summed E-state index contributed by atoms with van der Waals surface area (Å²) in [7, 11) is 0. The summed E-state index contributed by atoms with van der Waals surface area (Å²) in [6.45, 7) is 10.1. The highest BCUT2D eigenvalue weighted by molar-refractivity contribution is 5.73.